The number of nitrogens with zero attached hydrogens (tertiary/aromatic N) is 4. The van der Waals surface area contributed by atoms with E-state index in [1.165, 1.54) is 16.8 Å². The molecule has 1 aliphatic carbocycles. The van der Waals surface area contributed by atoms with Crippen LogP contribution in [0.4, 0.5) is 0 Å². The van der Waals surface area contributed by atoms with Gasteiger partial charge < -0.3 is 10.1 Å². The molecule has 4 rings (SSSR count). The van der Waals surface area contributed by atoms with E-state index >= 15 is 0 Å². The number of rotatable bonds is 8. The molecule has 3 aromatic rings. The fraction of sp³-hybridized carbons (Fsp3) is 0.316. The van der Waals surface area contributed by atoms with Crippen LogP contribution in [0.2, 0.25) is 0 Å². The first kappa shape index (κ1) is 19.1. The van der Waals surface area contributed by atoms with E-state index in [9.17, 15) is 9.59 Å². The van der Waals surface area contributed by atoms with Crippen LogP contribution in [0.25, 0.3) is 0 Å². The molecule has 2 aromatic heterocycles. The Kier molecular flexibility index (Phi) is 5.52. The van der Waals surface area contributed by atoms with Crippen molar-refractivity contribution in [2.75, 3.05) is 6.61 Å². The Morgan fingerprint density at radius 1 is 1.24 bits per heavy atom. The van der Waals surface area contributed by atoms with Crippen molar-refractivity contribution in [1.29, 1.82) is 0 Å². The molecule has 9 nitrogen and oxygen atoms in total. The lowest BCUT2D eigenvalue weighted by molar-refractivity contribution is 0.0941. The number of aromatic amines is 1. The summed E-state index contributed by atoms with van der Waals surface area (Å²) in [5, 5.41) is 13.9. The molecule has 1 saturated carbocycles. The van der Waals surface area contributed by atoms with Crippen LogP contribution in [0, 0.1) is 4.77 Å². The number of para-hydroxylation sites is 1. The van der Waals surface area contributed by atoms with E-state index in [-0.39, 0.29) is 36.9 Å². The smallest absolute Gasteiger partial charge is 0.272 e. The van der Waals surface area contributed by atoms with E-state index in [1.807, 2.05) is 34.9 Å². The minimum absolute atomic E-state index is 0.149. The van der Waals surface area contributed by atoms with Crippen molar-refractivity contribution >= 4 is 18.1 Å². The SMILES string of the molecule is O=C(NCc1n[nH]c(=S)n1C1CC1)c1ccc(=O)n(CCOc2ccccc2)n1. The predicted molar refractivity (Wildman–Crippen MR) is 107 cm³/mol. The molecule has 0 saturated heterocycles. The van der Waals surface area contributed by atoms with Crippen LogP contribution >= 0.6 is 12.2 Å². The van der Waals surface area contributed by atoms with Gasteiger partial charge in [-0.1, -0.05) is 18.2 Å². The topological polar surface area (TPSA) is 107 Å². The zero-order valence-corrected chi connectivity index (χ0v) is 16.4. The van der Waals surface area contributed by atoms with Gasteiger partial charge >= 0.3 is 0 Å². The van der Waals surface area contributed by atoms with Gasteiger partial charge in [0.25, 0.3) is 11.5 Å². The van der Waals surface area contributed by atoms with Crippen LogP contribution < -0.4 is 15.6 Å². The van der Waals surface area contributed by atoms with Gasteiger partial charge in [-0.25, -0.2) is 4.68 Å². The molecule has 10 heteroatoms. The molecule has 1 aromatic carbocycles. The van der Waals surface area contributed by atoms with Gasteiger partial charge in [-0.15, -0.1) is 0 Å². The second kappa shape index (κ2) is 8.39. The van der Waals surface area contributed by atoms with Gasteiger partial charge in [0.05, 0.1) is 13.1 Å². The van der Waals surface area contributed by atoms with Crippen LogP contribution in [0.3, 0.4) is 0 Å². The molecular formula is C19H20N6O3S. The number of aromatic nitrogens is 5. The number of ether oxygens (including phenoxy) is 1. The van der Waals surface area contributed by atoms with Gasteiger partial charge in [-0.2, -0.15) is 10.2 Å². The Balaban J connectivity index is 1.38. The second-order valence-electron chi connectivity index (χ2n) is 6.67. The number of H-pyrrole nitrogens is 1. The molecule has 1 aliphatic rings. The average molecular weight is 412 g/mol. The predicted octanol–water partition coefficient (Wildman–Crippen LogP) is 1.84. The zero-order valence-electron chi connectivity index (χ0n) is 15.6. The monoisotopic (exact) mass is 412 g/mol. The number of carbonyl (C=O) groups is 1. The van der Waals surface area contributed by atoms with Crippen molar-refractivity contribution in [2.24, 2.45) is 0 Å². The second-order valence-corrected chi connectivity index (χ2v) is 7.06. The molecule has 0 spiro atoms. The molecule has 1 fully saturated rings. The number of hydrogen-bond donors (Lipinski definition) is 2. The van der Waals surface area contributed by atoms with Crippen molar-refractivity contribution in [1.82, 2.24) is 29.9 Å². The maximum Gasteiger partial charge on any atom is 0.272 e. The number of hydrogen-bond acceptors (Lipinski definition) is 6. The van der Waals surface area contributed by atoms with Crippen molar-refractivity contribution < 1.29 is 9.53 Å². The third-order valence-electron chi connectivity index (χ3n) is 4.51. The van der Waals surface area contributed by atoms with Crippen LogP contribution in [0.1, 0.15) is 35.2 Å². The summed E-state index contributed by atoms with van der Waals surface area (Å²) in [7, 11) is 0. The molecular weight excluding hydrogens is 392 g/mol. The number of nitrogens with one attached hydrogen (secondary N) is 2. The summed E-state index contributed by atoms with van der Waals surface area (Å²) in [6.07, 6.45) is 2.12. The third-order valence-corrected chi connectivity index (χ3v) is 4.80. The number of amides is 1. The first-order valence-electron chi connectivity index (χ1n) is 9.32. The lowest BCUT2D eigenvalue weighted by Gasteiger charge is -2.09. The molecule has 0 radical (unpaired) electrons. The fourth-order valence-corrected chi connectivity index (χ4v) is 3.22. The number of carbonyl (C=O) groups excluding carboxylic acids is 1. The minimum atomic E-state index is -0.390. The molecule has 2 heterocycles. The first-order chi connectivity index (χ1) is 14.1. The first-order valence-corrected chi connectivity index (χ1v) is 9.72. The molecule has 2 N–H and O–H groups in total. The van der Waals surface area contributed by atoms with E-state index in [1.54, 1.807) is 0 Å². The van der Waals surface area contributed by atoms with Crippen molar-refractivity contribution in [2.45, 2.75) is 32.0 Å². The van der Waals surface area contributed by atoms with Gasteiger partial charge in [0.15, 0.2) is 10.6 Å². The van der Waals surface area contributed by atoms with Crippen molar-refractivity contribution in [3.05, 3.63) is 69.1 Å². The lowest BCUT2D eigenvalue weighted by Crippen LogP contribution is -2.31. The Morgan fingerprint density at radius 3 is 2.79 bits per heavy atom. The summed E-state index contributed by atoms with van der Waals surface area (Å²) in [6, 6.07) is 12.4. The summed E-state index contributed by atoms with van der Waals surface area (Å²) in [5.41, 5.74) is -0.149. The maximum absolute atomic E-state index is 12.5. The Hall–Kier alpha value is -3.27. The standard InChI is InChI=1S/C19H20N6O3S/c26-17-9-8-15(23-24(17)10-11-28-14-4-2-1-3-5-14)18(27)20-12-16-21-22-19(29)25(16)13-6-7-13/h1-5,8-9,13H,6-7,10-12H2,(H,20,27)(H,22,29). The molecule has 29 heavy (non-hydrogen) atoms. The van der Waals surface area contributed by atoms with Gasteiger partial charge in [0.2, 0.25) is 0 Å². The summed E-state index contributed by atoms with van der Waals surface area (Å²) >= 11 is 5.24. The highest BCUT2D eigenvalue weighted by Gasteiger charge is 2.27. The molecule has 0 unspecified atom stereocenters. The van der Waals surface area contributed by atoms with Crippen molar-refractivity contribution in [3.63, 3.8) is 0 Å². The number of benzene rings is 1. The third kappa shape index (κ3) is 4.60. The van der Waals surface area contributed by atoms with Crippen molar-refractivity contribution in [3.8, 4) is 5.75 Å². The molecule has 0 aliphatic heterocycles. The van der Waals surface area contributed by atoms with Crippen LogP contribution in [-0.2, 0) is 13.1 Å². The zero-order chi connectivity index (χ0) is 20.2. The van der Waals surface area contributed by atoms with E-state index in [0.717, 1.165) is 12.8 Å². The van der Waals surface area contributed by atoms with E-state index in [4.69, 9.17) is 17.0 Å². The Labute approximate surface area is 171 Å². The van der Waals surface area contributed by atoms with Gasteiger partial charge in [-0.3, -0.25) is 19.3 Å². The Morgan fingerprint density at radius 2 is 2.03 bits per heavy atom. The van der Waals surface area contributed by atoms with E-state index in [2.05, 4.69) is 20.6 Å². The van der Waals surface area contributed by atoms with E-state index in [0.29, 0.717) is 22.4 Å². The molecule has 0 bridgehead atoms. The average Bonchev–Trinajstić information content (AvgIpc) is 3.50. The van der Waals surface area contributed by atoms with Crippen LogP contribution in [-0.4, -0.2) is 37.1 Å². The largest absolute Gasteiger partial charge is 0.492 e. The Bertz CT molecular complexity index is 1120. The molecule has 150 valence electrons. The van der Waals surface area contributed by atoms with Gasteiger partial charge in [0.1, 0.15) is 18.1 Å². The summed E-state index contributed by atoms with van der Waals surface area (Å²) in [4.78, 5) is 24.5. The van der Waals surface area contributed by atoms with Crippen LogP contribution in [0.5, 0.6) is 5.75 Å². The van der Waals surface area contributed by atoms with Gasteiger partial charge in [-0.05, 0) is 43.3 Å². The molecule has 1 amide bonds. The highest BCUT2D eigenvalue weighted by atomic mass is 32.1. The van der Waals surface area contributed by atoms with E-state index < -0.39 is 0 Å². The summed E-state index contributed by atoms with van der Waals surface area (Å²) in [6.45, 7) is 0.716. The quantitative estimate of drug-likeness (QED) is 0.547. The highest BCUT2D eigenvalue weighted by Crippen LogP contribution is 2.35. The molecule has 0 atom stereocenters. The normalized spacial score (nSPS) is 13.2. The lowest BCUT2D eigenvalue weighted by atomic mass is 10.3. The van der Waals surface area contributed by atoms with Gasteiger partial charge in [0, 0.05) is 12.1 Å². The fourth-order valence-electron chi connectivity index (χ4n) is 2.92. The summed E-state index contributed by atoms with van der Waals surface area (Å²) < 4.78 is 9.30. The summed E-state index contributed by atoms with van der Waals surface area (Å²) in [5.74, 6) is 0.993. The maximum atomic E-state index is 12.5. The highest BCUT2D eigenvalue weighted by molar-refractivity contribution is 7.71. The van der Waals surface area contributed by atoms with Crippen LogP contribution in [0.15, 0.2) is 47.3 Å². The minimum Gasteiger partial charge on any atom is -0.492 e.